The van der Waals surface area contributed by atoms with Gasteiger partial charge in [0.2, 0.25) is 5.91 Å². The summed E-state index contributed by atoms with van der Waals surface area (Å²) < 4.78 is 0. The van der Waals surface area contributed by atoms with Crippen molar-refractivity contribution in [3.05, 3.63) is 16.1 Å². The van der Waals surface area contributed by atoms with Crippen molar-refractivity contribution in [1.29, 1.82) is 0 Å². The second kappa shape index (κ2) is 6.26. The second-order valence-electron chi connectivity index (χ2n) is 4.78. The van der Waals surface area contributed by atoms with Gasteiger partial charge in [0.1, 0.15) is 5.01 Å². The van der Waals surface area contributed by atoms with Gasteiger partial charge in [-0.3, -0.25) is 9.69 Å². The smallest absolute Gasteiger partial charge is 0.231 e. The van der Waals surface area contributed by atoms with Gasteiger partial charge in [-0.05, 0) is 19.8 Å². The van der Waals surface area contributed by atoms with Crippen LogP contribution in [0.25, 0.3) is 0 Å². The molecule has 6 heteroatoms. The first-order valence-corrected chi connectivity index (χ1v) is 7.16. The predicted octanol–water partition coefficient (Wildman–Crippen LogP) is 0.491. The minimum atomic E-state index is -0.236. The highest BCUT2D eigenvalue weighted by molar-refractivity contribution is 7.09. The Morgan fingerprint density at radius 2 is 2.33 bits per heavy atom. The molecule has 0 aliphatic carbocycles. The van der Waals surface area contributed by atoms with E-state index in [-0.39, 0.29) is 5.91 Å². The summed E-state index contributed by atoms with van der Waals surface area (Å²) in [6.07, 6.45) is 2.13. The first-order valence-electron chi connectivity index (χ1n) is 6.28. The molecule has 100 valence electrons. The van der Waals surface area contributed by atoms with E-state index in [1.54, 1.807) is 11.3 Å². The Morgan fingerprint density at radius 3 is 2.89 bits per heavy atom. The van der Waals surface area contributed by atoms with Crippen molar-refractivity contribution in [1.82, 2.24) is 15.2 Å². The van der Waals surface area contributed by atoms with Crippen molar-refractivity contribution in [3.63, 3.8) is 0 Å². The number of hydrogen-bond donors (Lipinski definition) is 2. The number of aromatic nitrogens is 1. The van der Waals surface area contributed by atoms with Crippen LogP contribution in [0, 0.1) is 6.92 Å². The van der Waals surface area contributed by atoms with Crippen molar-refractivity contribution in [2.24, 2.45) is 5.73 Å². The molecule has 1 aromatic heterocycles. The Labute approximate surface area is 111 Å². The number of nitrogens with one attached hydrogen (secondary N) is 1. The summed E-state index contributed by atoms with van der Waals surface area (Å²) in [7, 11) is 0. The number of amides is 1. The first kappa shape index (κ1) is 13.5. The van der Waals surface area contributed by atoms with Crippen molar-refractivity contribution >= 4 is 17.2 Å². The largest absolute Gasteiger partial charge is 0.369 e. The molecule has 18 heavy (non-hydrogen) atoms. The summed E-state index contributed by atoms with van der Waals surface area (Å²) in [5.41, 5.74) is 6.28. The lowest BCUT2D eigenvalue weighted by atomic mass is 10.1. The maximum absolute atomic E-state index is 10.8. The minimum Gasteiger partial charge on any atom is -0.369 e. The van der Waals surface area contributed by atoms with Gasteiger partial charge in [0.15, 0.2) is 0 Å². The highest BCUT2D eigenvalue weighted by Gasteiger charge is 2.19. The van der Waals surface area contributed by atoms with E-state index < -0.39 is 0 Å². The zero-order valence-electron chi connectivity index (χ0n) is 10.7. The molecule has 0 saturated carbocycles. The molecule has 1 fully saturated rings. The maximum atomic E-state index is 10.8. The van der Waals surface area contributed by atoms with Crippen LogP contribution in [-0.2, 0) is 11.3 Å². The predicted molar refractivity (Wildman–Crippen MR) is 72.3 cm³/mol. The summed E-state index contributed by atoms with van der Waals surface area (Å²) in [6.45, 7) is 5.13. The minimum absolute atomic E-state index is 0.236. The third-order valence-electron chi connectivity index (χ3n) is 3.18. The summed E-state index contributed by atoms with van der Waals surface area (Å²) >= 11 is 1.70. The van der Waals surface area contributed by atoms with Crippen LogP contribution in [0.3, 0.4) is 0 Å². The fraction of sp³-hybridized carbons (Fsp3) is 0.667. The van der Waals surface area contributed by atoms with E-state index in [4.69, 9.17) is 5.73 Å². The Kier molecular flexibility index (Phi) is 4.68. The van der Waals surface area contributed by atoms with E-state index >= 15 is 0 Å². The van der Waals surface area contributed by atoms with Crippen molar-refractivity contribution in [2.75, 3.05) is 19.6 Å². The number of primary amides is 1. The van der Waals surface area contributed by atoms with E-state index in [9.17, 15) is 4.79 Å². The molecule has 0 spiro atoms. The van der Waals surface area contributed by atoms with Crippen LogP contribution < -0.4 is 11.1 Å². The molecule has 2 rings (SSSR count). The maximum Gasteiger partial charge on any atom is 0.231 e. The molecule has 0 unspecified atom stereocenters. The summed E-state index contributed by atoms with van der Waals surface area (Å²) in [5.74, 6) is -0.236. The number of likely N-dealkylation sites (tertiary alicyclic amines) is 1. The average Bonchev–Trinajstić information content (AvgIpc) is 2.74. The van der Waals surface area contributed by atoms with Crippen LogP contribution in [0.15, 0.2) is 5.38 Å². The van der Waals surface area contributed by atoms with Gasteiger partial charge in [-0.25, -0.2) is 4.98 Å². The van der Waals surface area contributed by atoms with Gasteiger partial charge in [-0.15, -0.1) is 11.3 Å². The third-order valence-corrected chi connectivity index (χ3v) is 4.14. The molecule has 2 heterocycles. The molecule has 3 N–H and O–H groups in total. The summed E-state index contributed by atoms with van der Waals surface area (Å²) in [6, 6.07) is 0.526. The van der Waals surface area contributed by atoms with Gasteiger partial charge in [-0.1, -0.05) is 0 Å². The molecule has 1 amide bonds. The Morgan fingerprint density at radius 1 is 1.61 bits per heavy atom. The summed E-state index contributed by atoms with van der Waals surface area (Å²) in [5, 5.41) is 6.75. The molecule has 5 nitrogen and oxygen atoms in total. The lowest BCUT2D eigenvalue weighted by Crippen LogP contribution is -2.45. The van der Waals surface area contributed by atoms with E-state index in [0.717, 1.165) is 43.2 Å². The quantitative estimate of drug-likeness (QED) is 0.815. The molecule has 1 aliphatic rings. The molecule has 1 aliphatic heterocycles. The first-order chi connectivity index (χ1) is 8.63. The number of carbonyl (C=O) groups is 1. The average molecular weight is 268 g/mol. The molecule has 0 radical (unpaired) electrons. The molecular weight excluding hydrogens is 248 g/mol. The fourth-order valence-electron chi connectivity index (χ4n) is 2.23. The number of rotatable bonds is 5. The van der Waals surface area contributed by atoms with Gasteiger partial charge in [-0.2, -0.15) is 0 Å². The molecule has 0 atom stereocenters. The van der Waals surface area contributed by atoms with Crippen LogP contribution in [0.5, 0.6) is 0 Å². The topological polar surface area (TPSA) is 71.2 Å². The van der Waals surface area contributed by atoms with E-state index in [2.05, 4.69) is 20.6 Å². The number of aryl methyl sites for hydroxylation is 1. The molecular formula is C12H20N4OS. The normalized spacial score (nSPS) is 18.1. The van der Waals surface area contributed by atoms with Crippen LogP contribution >= 0.6 is 11.3 Å². The van der Waals surface area contributed by atoms with E-state index in [0.29, 0.717) is 12.6 Å². The zero-order chi connectivity index (χ0) is 13.0. The van der Waals surface area contributed by atoms with Crippen molar-refractivity contribution in [3.8, 4) is 0 Å². The molecule has 0 bridgehead atoms. The monoisotopic (exact) mass is 268 g/mol. The number of carbonyl (C=O) groups excluding carboxylic acids is 1. The number of nitrogens with zero attached hydrogens (tertiary/aromatic N) is 2. The highest BCUT2D eigenvalue weighted by atomic mass is 32.1. The van der Waals surface area contributed by atoms with E-state index in [1.165, 1.54) is 0 Å². The molecule has 0 aromatic carbocycles. The summed E-state index contributed by atoms with van der Waals surface area (Å²) in [4.78, 5) is 17.4. The lowest BCUT2D eigenvalue weighted by Gasteiger charge is -2.31. The van der Waals surface area contributed by atoms with Crippen LogP contribution in [-0.4, -0.2) is 41.5 Å². The van der Waals surface area contributed by atoms with Gasteiger partial charge in [0, 0.05) is 36.8 Å². The Bertz CT molecular complexity index is 399. The Hall–Kier alpha value is -0.980. The van der Waals surface area contributed by atoms with Gasteiger partial charge in [0.05, 0.1) is 6.54 Å². The van der Waals surface area contributed by atoms with E-state index in [1.807, 2.05) is 6.92 Å². The molecule has 1 aromatic rings. The molecule has 1 saturated heterocycles. The van der Waals surface area contributed by atoms with Crippen molar-refractivity contribution < 1.29 is 4.79 Å². The van der Waals surface area contributed by atoms with Crippen LogP contribution in [0.2, 0.25) is 0 Å². The van der Waals surface area contributed by atoms with Gasteiger partial charge < -0.3 is 11.1 Å². The fourth-order valence-corrected chi connectivity index (χ4v) is 2.95. The van der Waals surface area contributed by atoms with Crippen LogP contribution in [0.1, 0.15) is 23.5 Å². The highest BCUT2D eigenvalue weighted by Crippen LogP contribution is 2.12. The number of piperidine rings is 1. The van der Waals surface area contributed by atoms with Gasteiger partial charge >= 0.3 is 0 Å². The SMILES string of the molecule is Cc1csc(CNC2CCN(CC(N)=O)CC2)n1. The van der Waals surface area contributed by atoms with Crippen LogP contribution in [0.4, 0.5) is 0 Å². The number of nitrogens with two attached hydrogens (primary N) is 1. The van der Waals surface area contributed by atoms with Crippen molar-refractivity contribution in [2.45, 2.75) is 32.4 Å². The lowest BCUT2D eigenvalue weighted by molar-refractivity contribution is -0.119. The second-order valence-corrected chi connectivity index (χ2v) is 5.72. The standard InChI is InChI=1S/C12H20N4OS/c1-9-8-18-12(15-9)6-14-10-2-4-16(5-3-10)7-11(13)17/h8,10,14H,2-7H2,1H3,(H2,13,17). The third kappa shape index (κ3) is 4.04. The Balaban J connectivity index is 1.69. The number of thiazole rings is 1. The zero-order valence-corrected chi connectivity index (χ0v) is 11.5. The van der Waals surface area contributed by atoms with Gasteiger partial charge in [0.25, 0.3) is 0 Å². The number of hydrogen-bond acceptors (Lipinski definition) is 5.